The number of carbonyl (C=O) groups is 2. The van der Waals surface area contributed by atoms with Gasteiger partial charge in [-0.1, -0.05) is 42.5 Å². The van der Waals surface area contributed by atoms with Gasteiger partial charge in [0.05, 0.1) is 36.6 Å². The number of aromatic nitrogens is 2. The summed E-state index contributed by atoms with van der Waals surface area (Å²) < 4.78 is 12.7. The van der Waals surface area contributed by atoms with Crippen molar-refractivity contribution in [2.24, 2.45) is 5.92 Å². The molecule has 0 radical (unpaired) electrons. The van der Waals surface area contributed by atoms with E-state index in [4.69, 9.17) is 14.5 Å². The maximum atomic E-state index is 13.8. The Bertz CT molecular complexity index is 1450. The van der Waals surface area contributed by atoms with E-state index in [9.17, 15) is 9.59 Å². The summed E-state index contributed by atoms with van der Waals surface area (Å²) in [6.45, 7) is 6.02. The van der Waals surface area contributed by atoms with Crippen LogP contribution in [0.1, 0.15) is 41.4 Å². The van der Waals surface area contributed by atoms with Gasteiger partial charge in [-0.15, -0.1) is 11.3 Å². The van der Waals surface area contributed by atoms with Gasteiger partial charge in [-0.25, -0.2) is 4.98 Å². The molecular weight excluding hydrogens is 522 g/mol. The SMILES string of the molecule is CCOC(=O)C1CCN(C(=O)c2cc(-c3csc(-c4ccccc4)n3)n(CCc3ccc(OC)cc3)c2C)CC1. The molecule has 1 saturated heterocycles. The Kier molecular flexibility index (Phi) is 8.65. The molecule has 0 bridgehead atoms. The molecule has 2 aromatic carbocycles. The molecule has 0 aliphatic carbocycles. The summed E-state index contributed by atoms with van der Waals surface area (Å²) in [6, 6.07) is 20.2. The molecule has 4 aromatic rings. The van der Waals surface area contributed by atoms with Crippen LogP contribution < -0.4 is 4.74 Å². The minimum atomic E-state index is -0.157. The summed E-state index contributed by atoms with van der Waals surface area (Å²) in [6.07, 6.45) is 2.06. The Morgan fingerprint density at radius 1 is 1.05 bits per heavy atom. The first-order chi connectivity index (χ1) is 19.5. The lowest BCUT2D eigenvalue weighted by molar-refractivity contribution is -0.149. The number of hydrogen-bond acceptors (Lipinski definition) is 6. The normalized spacial score (nSPS) is 13.8. The number of nitrogens with zero attached hydrogens (tertiary/aromatic N) is 3. The Morgan fingerprint density at radius 3 is 2.45 bits per heavy atom. The van der Waals surface area contributed by atoms with Crippen molar-refractivity contribution in [2.75, 3.05) is 26.8 Å². The average molecular weight is 558 g/mol. The van der Waals surface area contributed by atoms with Crippen LogP contribution in [0.15, 0.2) is 66.0 Å². The maximum absolute atomic E-state index is 13.8. The van der Waals surface area contributed by atoms with Crippen LogP contribution in [0.2, 0.25) is 0 Å². The van der Waals surface area contributed by atoms with E-state index in [1.165, 1.54) is 5.56 Å². The van der Waals surface area contributed by atoms with E-state index in [1.807, 2.05) is 55.1 Å². The van der Waals surface area contributed by atoms with Crippen molar-refractivity contribution in [1.82, 2.24) is 14.5 Å². The third kappa shape index (κ3) is 5.97. The number of ether oxygens (including phenoxy) is 2. The van der Waals surface area contributed by atoms with Crippen LogP contribution in [0.4, 0.5) is 0 Å². The number of hydrogen-bond donors (Lipinski definition) is 0. The van der Waals surface area contributed by atoms with Crippen molar-refractivity contribution < 1.29 is 19.1 Å². The smallest absolute Gasteiger partial charge is 0.309 e. The molecule has 1 fully saturated rings. The highest BCUT2D eigenvalue weighted by Gasteiger charge is 2.30. The zero-order chi connectivity index (χ0) is 28.1. The molecule has 1 aliphatic rings. The van der Waals surface area contributed by atoms with Gasteiger partial charge < -0.3 is 18.9 Å². The number of benzene rings is 2. The molecule has 1 aliphatic heterocycles. The van der Waals surface area contributed by atoms with E-state index in [-0.39, 0.29) is 17.8 Å². The van der Waals surface area contributed by atoms with Gasteiger partial charge >= 0.3 is 5.97 Å². The average Bonchev–Trinajstić information content (AvgIpc) is 3.61. The lowest BCUT2D eigenvalue weighted by Crippen LogP contribution is -2.40. The lowest BCUT2D eigenvalue weighted by atomic mass is 9.96. The third-order valence-electron chi connectivity index (χ3n) is 7.57. The fourth-order valence-corrected chi connectivity index (χ4v) is 6.07. The predicted octanol–water partition coefficient (Wildman–Crippen LogP) is 6.25. The lowest BCUT2D eigenvalue weighted by Gasteiger charge is -2.31. The largest absolute Gasteiger partial charge is 0.497 e. The summed E-state index contributed by atoms with van der Waals surface area (Å²) in [4.78, 5) is 32.8. The molecule has 1 amide bonds. The van der Waals surface area contributed by atoms with Crippen molar-refractivity contribution in [3.8, 4) is 27.7 Å². The van der Waals surface area contributed by atoms with Crippen molar-refractivity contribution >= 4 is 23.2 Å². The van der Waals surface area contributed by atoms with Gasteiger partial charge in [-0.05, 0) is 56.9 Å². The quantitative estimate of drug-likeness (QED) is 0.227. The van der Waals surface area contributed by atoms with Crippen LogP contribution in [0.25, 0.3) is 22.0 Å². The van der Waals surface area contributed by atoms with Crippen molar-refractivity contribution in [2.45, 2.75) is 39.7 Å². The van der Waals surface area contributed by atoms with Crippen LogP contribution in [-0.2, 0) is 22.5 Å². The number of piperidine rings is 1. The molecule has 3 heterocycles. The first-order valence-electron chi connectivity index (χ1n) is 13.8. The molecule has 40 heavy (non-hydrogen) atoms. The predicted molar refractivity (Wildman–Crippen MR) is 158 cm³/mol. The summed E-state index contributed by atoms with van der Waals surface area (Å²) >= 11 is 1.61. The van der Waals surface area contributed by atoms with E-state index in [0.717, 1.165) is 39.8 Å². The highest BCUT2D eigenvalue weighted by Crippen LogP contribution is 2.33. The van der Waals surface area contributed by atoms with Crippen LogP contribution in [0.5, 0.6) is 5.75 Å². The second-order valence-corrected chi connectivity index (χ2v) is 10.9. The second-order valence-electron chi connectivity index (χ2n) is 10.0. The number of esters is 1. The molecule has 208 valence electrons. The fourth-order valence-electron chi connectivity index (χ4n) is 5.25. The fraction of sp³-hybridized carbons (Fsp3) is 0.344. The summed E-state index contributed by atoms with van der Waals surface area (Å²) in [7, 11) is 1.67. The molecular formula is C32H35N3O4S. The zero-order valence-electron chi connectivity index (χ0n) is 23.3. The Morgan fingerprint density at radius 2 is 1.77 bits per heavy atom. The highest BCUT2D eigenvalue weighted by atomic mass is 32.1. The first-order valence-corrected chi connectivity index (χ1v) is 14.7. The Labute approximate surface area is 239 Å². The molecule has 0 spiro atoms. The van der Waals surface area contributed by atoms with Gasteiger partial charge in [0.2, 0.25) is 0 Å². The molecule has 0 saturated carbocycles. The van der Waals surface area contributed by atoms with Crippen LogP contribution in [-0.4, -0.2) is 53.1 Å². The van der Waals surface area contributed by atoms with Crippen molar-refractivity contribution in [3.05, 3.63) is 82.9 Å². The van der Waals surface area contributed by atoms with Crippen molar-refractivity contribution in [1.29, 1.82) is 0 Å². The van der Waals surface area contributed by atoms with Crippen molar-refractivity contribution in [3.63, 3.8) is 0 Å². The molecule has 0 N–H and O–H groups in total. The van der Waals surface area contributed by atoms with Gasteiger partial charge in [-0.2, -0.15) is 0 Å². The monoisotopic (exact) mass is 557 g/mol. The highest BCUT2D eigenvalue weighted by molar-refractivity contribution is 7.13. The standard InChI is InChI=1S/C32H35N3O4S/c1-4-39-32(37)25-15-17-34(18-16-25)31(36)27-20-29(28-21-40-30(33-28)24-8-6-5-7-9-24)35(22(27)2)19-14-23-10-12-26(38-3)13-11-23/h5-13,20-21,25H,4,14-19H2,1-3H3. The maximum Gasteiger partial charge on any atom is 0.309 e. The topological polar surface area (TPSA) is 73.7 Å². The number of carbonyl (C=O) groups excluding carboxylic acids is 2. The summed E-state index contributed by atoms with van der Waals surface area (Å²) in [5.41, 5.74) is 5.68. The zero-order valence-corrected chi connectivity index (χ0v) is 24.1. The summed E-state index contributed by atoms with van der Waals surface area (Å²) in [5.74, 6) is 0.538. The van der Waals surface area contributed by atoms with Gasteiger partial charge in [0.25, 0.3) is 5.91 Å². The number of likely N-dealkylation sites (tertiary alicyclic amines) is 1. The number of thiazole rings is 1. The summed E-state index contributed by atoms with van der Waals surface area (Å²) in [5, 5.41) is 3.02. The molecule has 7 nitrogen and oxygen atoms in total. The number of rotatable bonds is 9. The van der Waals surface area contributed by atoms with Crippen LogP contribution in [0.3, 0.4) is 0 Å². The minimum absolute atomic E-state index is 0.00256. The van der Waals surface area contributed by atoms with E-state index >= 15 is 0 Å². The number of methoxy groups -OCH3 is 1. The van der Waals surface area contributed by atoms with E-state index < -0.39 is 0 Å². The van der Waals surface area contributed by atoms with Gasteiger partial charge in [0.15, 0.2) is 0 Å². The van der Waals surface area contributed by atoms with Crippen LogP contribution >= 0.6 is 11.3 Å². The molecule has 0 unspecified atom stereocenters. The van der Waals surface area contributed by atoms with Gasteiger partial charge in [-0.3, -0.25) is 9.59 Å². The van der Waals surface area contributed by atoms with Gasteiger partial charge in [0, 0.05) is 36.3 Å². The number of aryl methyl sites for hydroxylation is 1. The van der Waals surface area contributed by atoms with E-state index in [0.29, 0.717) is 44.6 Å². The first kappa shape index (κ1) is 27.6. The minimum Gasteiger partial charge on any atom is -0.497 e. The Balaban J connectivity index is 1.42. The molecule has 0 atom stereocenters. The molecule has 2 aromatic heterocycles. The Hall–Kier alpha value is -3.91. The second kappa shape index (κ2) is 12.5. The number of amides is 1. The molecule has 8 heteroatoms. The third-order valence-corrected chi connectivity index (χ3v) is 8.46. The molecule has 5 rings (SSSR count). The van der Waals surface area contributed by atoms with Crippen LogP contribution in [0, 0.1) is 12.8 Å². The van der Waals surface area contributed by atoms with E-state index in [1.54, 1.807) is 18.4 Å². The van der Waals surface area contributed by atoms with E-state index in [2.05, 4.69) is 34.2 Å². The van der Waals surface area contributed by atoms with Gasteiger partial charge in [0.1, 0.15) is 10.8 Å².